The van der Waals surface area contributed by atoms with Crippen molar-refractivity contribution in [3.05, 3.63) is 11.8 Å². The Morgan fingerprint density at radius 2 is 2.50 bits per heavy atom. The van der Waals surface area contributed by atoms with Gasteiger partial charge in [0.05, 0.1) is 0 Å². The average Bonchev–Trinajstić information content (AvgIpc) is 2.03. The van der Waals surface area contributed by atoms with Crippen LogP contribution in [0.2, 0.25) is 0 Å². The van der Waals surface area contributed by atoms with Crippen LogP contribution in [0.1, 0.15) is 25.7 Å². The fourth-order valence-corrected chi connectivity index (χ4v) is 1.23. The van der Waals surface area contributed by atoms with E-state index < -0.39 is 0 Å². The molecule has 0 aromatic carbocycles. The van der Waals surface area contributed by atoms with Crippen molar-refractivity contribution in [2.24, 2.45) is 5.73 Å². The summed E-state index contributed by atoms with van der Waals surface area (Å²) < 4.78 is 0. The lowest BCUT2D eigenvalue weighted by Gasteiger charge is -2.13. The molecule has 1 aliphatic heterocycles. The lowest BCUT2D eigenvalue weighted by molar-refractivity contribution is 0.659. The first-order valence-electron chi connectivity index (χ1n) is 4.05. The highest BCUT2D eigenvalue weighted by Gasteiger charge is 2.00. The van der Waals surface area contributed by atoms with E-state index >= 15 is 0 Å². The number of nitrogens with two attached hydrogens (primary N) is 1. The summed E-state index contributed by atoms with van der Waals surface area (Å²) in [5.41, 5.74) is 6.94. The van der Waals surface area contributed by atoms with Crippen LogP contribution in [0.15, 0.2) is 11.8 Å². The molecular weight excluding hydrogens is 124 g/mol. The maximum Gasteiger partial charge on any atom is 0.0144 e. The Hall–Kier alpha value is -0.500. The van der Waals surface area contributed by atoms with Gasteiger partial charge in [-0.25, -0.2) is 0 Å². The average molecular weight is 140 g/mol. The third-order valence-electron chi connectivity index (χ3n) is 1.83. The van der Waals surface area contributed by atoms with Gasteiger partial charge in [-0.15, -0.1) is 0 Å². The van der Waals surface area contributed by atoms with Crippen LogP contribution in [-0.4, -0.2) is 13.1 Å². The van der Waals surface area contributed by atoms with E-state index in [1.54, 1.807) is 0 Å². The molecule has 10 heavy (non-hydrogen) atoms. The molecule has 0 radical (unpaired) electrons. The molecule has 1 rings (SSSR count). The van der Waals surface area contributed by atoms with Gasteiger partial charge in [-0.05, 0) is 38.4 Å². The Morgan fingerprint density at radius 1 is 1.60 bits per heavy atom. The second-order valence-corrected chi connectivity index (χ2v) is 2.75. The molecule has 0 aromatic rings. The molecule has 1 aliphatic rings. The lowest BCUT2D eigenvalue weighted by atomic mass is 10.0. The minimum absolute atomic E-state index is 0.817. The van der Waals surface area contributed by atoms with E-state index in [-0.39, 0.29) is 0 Å². The smallest absolute Gasteiger partial charge is 0.0144 e. The maximum atomic E-state index is 5.40. The van der Waals surface area contributed by atoms with Crippen molar-refractivity contribution < 1.29 is 0 Å². The van der Waals surface area contributed by atoms with Gasteiger partial charge in [0.25, 0.3) is 0 Å². The predicted octanol–water partition coefficient (Wildman–Crippen LogP) is 0.993. The van der Waals surface area contributed by atoms with E-state index in [0.29, 0.717) is 0 Å². The van der Waals surface area contributed by atoms with Crippen LogP contribution in [0.25, 0.3) is 0 Å². The summed E-state index contributed by atoms with van der Waals surface area (Å²) in [5, 5.41) is 3.24. The van der Waals surface area contributed by atoms with Gasteiger partial charge in [-0.2, -0.15) is 0 Å². The normalized spacial score (nSPS) is 17.9. The number of allylic oxidation sites excluding steroid dienone is 1. The second kappa shape index (κ2) is 4.34. The molecule has 3 N–H and O–H groups in total. The summed E-state index contributed by atoms with van der Waals surface area (Å²) in [6.45, 7) is 1.96. The monoisotopic (exact) mass is 140 g/mol. The summed E-state index contributed by atoms with van der Waals surface area (Å²) in [7, 11) is 0. The van der Waals surface area contributed by atoms with Crippen LogP contribution in [-0.2, 0) is 0 Å². The zero-order chi connectivity index (χ0) is 7.23. The number of rotatable bonds is 3. The summed E-state index contributed by atoms with van der Waals surface area (Å²) in [6, 6.07) is 0. The maximum absolute atomic E-state index is 5.40. The van der Waals surface area contributed by atoms with E-state index in [2.05, 4.69) is 11.5 Å². The molecule has 0 amide bonds. The quantitative estimate of drug-likeness (QED) is 0.613. The fraction of sp³-hybridized carbons (Fsp3) is 0.750. The van der Waals surface area contributed by atoms with Crippen molar-refractivity contribution >= 4 is 0 Å². The van der Waals surface area contributed by atoms with E-state index in [9.17, 15) is 0 Å². The third-order valence-corrected chi connectivity index (χ3v) is 1.83. The van der Waals surface area contributed by atoms with Crippen molar-refractivity contribution in [3.63, 3.8) is 0 Å². The predicted molar refractivity (Wildman–Crippen MR) is 43.6 cm³/mol. The van der Waals surface area contributed by atoms with Gasteiger partial charge in [-0.1, -0.05) is 5.57 Å². The number of hydrogen-bond donors (Lipinski definition) is 2. The van der Waals surface area contributed by atoms with Gasteiger partial charge in [0.2, 0.25) is 0 Å². The van der Waals surface area contributed by atoms with Crippen LogP contribution in [0.4, 0.5) is 0 Å². The fourth-order valence-electron chi connectivity index (χ4n) is 1.23. The molecule has 0 unspecified atom stereocenters. The van der Waals surface area contributed by atoms with Crippen LogP contribution in [0.3, 0.4) is 0 Å². The van der Waals surface area contributed by atoms with Crippen molar-refractivity contribution in [1.29, 1.82) is 0 Å². The molecule has 58 valence electrons. The van der Waals surface area contributed by atoms with Crippen LogP contribution in [0.5, 0.6) is 0 Å². The minimum atomic E-state index is 0.817. The number of hydrogen-bond acceptors (Lipinski definition) is 2. The van der Waals surface area contributed by atoms with E-state index in [0.717, 1.165) is 19.5 Å². The van der Waals surface area contributed by atoms with E-state index in [4.69, 9.17) is 5.73 Å². The summed E-state index contributed by atoms with van der Waals surface area (Å²) >= 11 is 0. The second-order valence-electron chi connectivity index (χ2n) is 2.75. The van der Waals surface area contributed by atoms with Gasteiger partial charge in [-0.3, -0.25) is 0 Å². The van der Waals surface area contributed by atoms with Crippen LogP contribution < -0.4 is 11.1 Å². The molecule has 0 aromatic heterocycles. The molecule has 0 fully saturated rings. The van der Waals surface area contributed by atoms with Crippen molar-refractivity contribution in [3.8, 4) is 0 Å². The van der Waals surface area contributed by atoms with Gasteiger partial charge in [0, 0.05) is 6.54 Å². The molecule has 0 saturated carbocycles. The largest absolute Gasteiger partial charge is 0.391 e. The standard InChI is InChI=1S/C8H16N2/c9-5-1-3-8-4-2-6-10-7-8/h7,10H,1-6,9H2. The zero-order valence-electron chi connectivity index (χ0n) is 6.40. The summed E-state index contributed by atoms with van der Waals surface area (Å²) in [4.78, 5) is 0. The Labute approximate surface area is 62.5 Å². The number of nitrogens with one attached hydrogen (secondary N) is 1. The lowest BCUT2D eigenvalue weighted by Crippen LogP contribution is -2.14. The van der Waals surface area contributed by atoms with Gasteiger partial charge >= 0.3 is 0 Å². The molecule has 2 nitrogen and oxygen atoms in total. The topological polar surface area (TPSA) is 38.0 Å². The SMILES string of the molecule is NCCCC1=CNCCC1. The molecule has 0 saturated heterocycles. The Morgan fingerprint density at radius 3 is 3.10 bits per heavy atom. The molecule has 0 spiro atoms. The van der Waals surface area contributed by atoms with E-state index in [1.807, 2.05) is 0 Å². The molecule has 1 heterocycles. The van der Waals surface area contributed by atoms with Crippen LogP contribution >= 0.6 is 0 Å². The minimum Gasteiger partial charge on any atom is -0.391 e. The highest BCUT2D eigenvalue weighted by Crippen LogP contribution is 2.13. The first-order chi connectivity index (χ1) is 4.93. The van der Waals surface area contributed by atoms with Gasteiger partial charge in [0.1, 0.15) is 0 Å². The first-order valence-corrected chi connectivity index (χ1v) is 4.05. The highest BCUT2D eigenvalue weighted by molar-refractivity contribution is 5.03. The third kappa shape index (κ3) is 2.40. The molecule has 0 aliphatic carbocycles. The van der Waals surface area contributed by atoms with Gasteiger partial charge in [0.15, 0.2) is 0 Å². The molecule has 0 atom stereocenters. The molecule has 2 heteroatoms. The Kier molecular flexibility index (Phi) is 3.30. The first kappa shape index (κ1) is 7.61. The van der Waals surface area contributed by atoms with Crippen molar-refractivity contribution in [2.75, 3.05) is 13.1 Å². The highest BCUT2D eigenvalue weighted by atomic mass is 14.8. The van der Waals surface area contributed by atoms with Crippen molar-refractivity contribution in [2.45, 2.75) is 25.7 Å². The van der Waals surface area contributed by atoms with Crippen LogP contribution in [0, 0.1) is 0 Å². The molecule has 0 bridgehead atoms. The van der Waals surface area contributed by atoms with E-state index in [1.165, 1.54) is 24.8 Å². The Balaban J connectivity index is 2.18. The summed E-state index contributed by atoms with van der Waals surface area (Å²) in [6.07, 6.45) is 7.03. The molecular formula is C8H16N2. The Bertz CT molecular complexity index is 118. The van der Waals surface area contributed by atoms with Gasteiger partial charge < -0.3 is 11.1 Å². The van der Waals surface area contributed by atoms with Crippen molar-refractivity contribution in [1.82, 2.24) is 5.32 Å². The zero-order valence-corrected chi connectivity index (χ0v) is 6.40. The summed E-state index contributed by atoms with van der Waals surface area (Å²) in [5.74, 6) is 0.